The Hall–Kier alpha value is -1.66. The van der Waals surface area contributed by atoms with Gasteiger partial charge in [0.1, 0.15) is 5.69 Å². The number of nitro groups is 1. The van der Waals surface area contributed by atoms with Crippen molar-refractivity contribution in [1.29, 1.82) is 0 Å². The van der Waals surface area contributed by atoms with Gasteiger partial charge in [0.15, 0.2) is 0 Å². The number of nitrogens with zero attached hydrogens (tertiary/aromatic N) is 3. The summed E-state index contributed by atoms with van der Waals surface area (Å²) < 4.78 is 0. The van der Waals surface area contributed by atoms with Crippen molar-refractivity contribution in [1.82, 2.24) is 10.2 Å². The highest BCUT2D eigenvalue weighted by atomic mass is 16.6. The fraction of sp³-hybridized carbons (Fsp3) is 0.647. The molecule has 0 bridgehead atoms. The van der Waals surface area contributed by atoms with Crippen LogP contribution in [0.5, 0.6) is 0 Å². The lowest BCUT2D eigenvalue weighted by atomic mass is 10.1. The monoisotopic (exact) mass is 318 g/mol. The van der Waals surface area contributed by atoms with E-state index in [0.717, 1.165) is 63.2 Å². The Kier molecular flexibility index (Phi) is 5.13. The maximum absolute atomic E-state index is 11.5. The normalized spacial score (nSPS) is 21.8. The zero-order valence-electron chi connectivity index (χ0n) is 13.8. The zero-order chi connectivity index (χ0) is 16.2. The summed E-state index contributed by atoms with van der Waals surface area (Å²) in [5.41, 5.74) is 2.05. The van der Waals surface area contributed by atoms with Gasteiger partial charge in [-0.15, -0.1) is 0 Å². The van der Waals surface area contributed by atoms with Crippen LogP contribution in [-0.4, -0.2) is 49.1 Å². The summed E-state index contributed by atoms with van der Waals surface area (Å²) in [4.78, 5) is 15.7. The van der Waals surface area contributed by atoms with Crippen molar-refractivity contribution >= 4 is 11.4 Å². The number of anilines is 1. The van der Waals surface area contributed by atoms with Crippen LogP contribution in [0.15, 0.2) is 18.2 Å². The Morgan fingerprint density at radius 3 is 2.78 bits per heavy atom. The molecule has 0 aliphatic carbocycles. The largest absolute Gasteiger partial charge is 0.366 e. The molecule has 2 aliphatic rings. The summed E-state index contributed by atoms with van der Waals surface area (Å²) >= 11 is 0. The van der Waals surface area contributed by atoms with E-state index in [-0.39, 0.29) is 10.6 Å². The van der Waals surface area contributed by atoms with Gasteiger partial charge in [-0.05, 0) is 50.9 Å². The Morgan fingerprint density at radius 2 is 2.13 bits per heavy atom. The first-order valence-corrected chi connectivity index (χ1v) is 8.58. The highest BCUT2D eigenvalue weighted by Gasteiger charge is 2.23. The van der Waals surface area contributed by atoms with Crippen LogP contribution in [0.25, 0.3) is 0 Å². The number of benzene rings is 1. The molecule has 1 atom stereocenters. The van der Waals surface area contributed by atoms with Crippen LogP contribution in [-0.2, 0) is 6.54 Å². The molecule has 0 radical (unpaired) electrons. The molecule has 3 rings (SSSR count). The molecule has 0 aromatic heterocycles. The molecule has 2 heterocycles. The summed E-state index contributed by atoms with van der Waals surface area (Å²) in [5, 5.41) is 14.9. The van der Waals surface area contributed by atoms with Crippen molar-refractivity contribution in [2.75, 3.05) is 38.1 Å². The molecule has 1 aromatic rings. The first-order chi connectivity index (χ1) is 11.1. The Balaban J connectivity index is 1.77. The fourth-order valence-electron chi connectivity index (χ4n) is 3.65. The van der Waals surface area contributed by atoms with E-state index in [4.69, 9.17) is 0 Å². The van der Waals surface area contributed by atoms with Crippen molar-refractivity contribution in [3.05, 3.63) is 33.9 Å². The highest BCUT2D eigenvalue weighted by molar-refractivity contribution is 5.64. The van der Waals surface area contributed by atoms with E-state index in [0.29, 0.717) is 6.04 Å². The van der Waals surface area contributed by atoms with Gasteiger partial charge in [-0.3, -0.25) is 15.0 Å². The van der Waals surface area contributed by atoms with Gasteiger partial charge >= 0.3 is 0 Å². The third-order valence-corrected chi connectivity index (χ3v) is 5.02. The lowest BCUT2D eigenvalue weighted by Gasteiger charge is -2.29. The summed E-state index contributed by atoms with van der Waals surface area (Å²) in [7, 11) is 2.10. The molecule has 1 N–H and O–H groups in total. The first-order valence-electron chi connectivity index (χ1n) is 8.58. The second-order valence-corrected chi connectivity index (χ2v) is 6.69. The minimum atomic E-state index is -0.232. The van der Waals surface area contributed by atoms with Gasteiger partial charge in [-0.2, -0.15) is 0 Å². The third-order valence-electron chi connectivity index (χ3n) is 5.02. The van der Waals surface area contributed by atoms with Gasteiger partial charge < -0.3 is 10.2 Å². The number of hydrogen-bond donors (Lipinski definition) is 1. The maximum atomic E-state index is 11.5. The molecule has 126 valence electrons. The SMILES string of the molecule is CN(Cc1ccc(N2CCCCC2)c([N+](=O)[O-])c1)C1CCNC1. The lowest BCUT2D eigenvalue weighted by molar-refractivity contribution is -0.384. The molecule has 0 spiro atoms. The standard InChI is InChI=1S/C17H26N4O2/c1-19(15-7-8-18-12-15)13-14-5-6-16(17(11-14)21(22)23)20-9-3-2-4-10-20/h5-6,11,15,18H,2-4,7-10,12-13H2,1H3. The van der Waals surface area contributed by atoms with Crippen molar-refractivity contribution in [3.63, 3.8) is 0 Å². The second kappa shape index (κ2) is 7.27. The van der Waals surface area contributed by atoms with Crippen LogP contribution in [0, 0.1) is 10.1 Å². The summed E-state index contributed by atoms with van der Waals surface area (Å²) in [6.07, 6.45) is 4.61. The Labute approximate surface area is 137 Å². The van der Waals surface area contributed by atoms with Crippen LogP contribution in [0.1, 0.15) is 31.2 Å². The number of likely N-dealkylation sites (N-methyl/N-ethyl adjacent to an activating group) is 1. The molecule has 1 unspecified atom stereocenters. The average molecular weight is 318 g/mol. The number of nitro benzene ring substituents is 1. The maximum Gasteiger partial charge on any atom is 0.292 e. The van der Waals surface area contributed by atoms with E-state index >= 15 is 0 Å². The average Bonchev–Trinajstić information content (AvgIpc) is 3.10. The lowest BCUT2D eigenvalue weighted by Crippen LogP contribution is -2.33. The van der Waals surface area contributed by atoms with Gasteiger partial charge in [-0.1, -0.05) is 6.07 Å². The summed E-state index contributed by atoms with van der Waals surface area (Å²) in [6.45, 7) is 4.67. The molecule has 0 saturated carbocycles. The molecule has 6 nitrogen and oxygen atoms in total. The summed E-state index contributed by atoms with van der Waals surface area (Å²) in [6, 6.07) is 6.29. The highest BCUT2D eigenvalue weighted by Crippen LogP contribution is 2.31. The predicted molar refractivity (Wildman–Crippen MR) is 91.9 cm³/mol. The van der Waals surface area contributed by atoms with E-state index in [1.54, 1.807) is 6.07 Å². The molecule has 6 heteroatoms. The molecular formula is C17H26N4O2. The third kappa shape index (κ3) is 3.82. The van der Waals surface area contributed by atoms with Crippen LogP contribution < -0.4 is 10.2 Å². The summed E-state index contributed by atoms with van der Waals surface area (Å²) in [5.74, 6) is 0. The number of piperidine rings is 1. The molecule has 1 aromatic carbocycles. The van der Waals surface area contributed by atoms with Crippen LogP contribution in [0.3, 0.4) is 0 Å². The Bertz CT molecular complexity index is 552. The molecule has 0 amide bonds. The van der Waals surface area contributed by atoms with Gasteiger partial charge in [0.2, 0.25) is 0 Å². The van der Waals surface area contributed by atoms with Crippen molar-refractivity contribution < 1.29 is 4.92 Å². The second-order valence-electron chi connectivity index (χ2n) is 6.69. The minimum Gasteiger partial charge on any atom is -0.366 e. The molecule has 2 aliphatic heterocycles. The van der Waals surface area contributed by atoms with E-state index < -0.39 is 0 Å². The van der Waals surface area contributed by atoms with E-state index in [2.05, 4.69) is 28.2 Å². The number of rotatable bonds is 5. The fourth-order valence-corrected chi connectivity index (χ4v) is 3.65. The minimum absolute atomic E-state index is 0.232. The topological polar surface area (TPSA) is 61.7 Å². The van der Waals surface area contributed by atoms with Crippen molar-refractivity contribution in [2.24, 2.45) is 0 Å². The van der Waals surface area contributed by atoms with Gasteiger partial charge in [0.05, 0.1) is 4.92 Å². The molecule has 23 heavy (non-hydrogen) atoms. The van der Waals surface area contributed by atoms with Crippen molar-refractivity contribution in [2.45, 2.75) is 38.3 Å². The predicted octanol–water partition coefficient (Wildman–Crippen LogP) is 2.38. The van der Waals surface area contributed by atoms with E-state index in [1.165, 1.54) is 6.42 Å². The van der Waals surface area contributed by atoms with E-state index in [1.807, 2.05) is 6.07 Å². The zero-order valence-corrected chi connectivity index (χ0v) is 13.8. The number of nitrogens with one attached hydrogen (secondary N) is 1. The van der Waals surface area contributed by atoms with E-state index in [9.17, 15) is 10.1 Å². The molecular weight excluding hydrogens is 292 g/mol. The van der Waals surface area contributed by atoms with Crippen LogP contribution >= 0.6 is 0 Å². The van der Waals surface area contributed by atoms with Gasteiger partial charge in [0.25, 0.3) is 5.69 Å². The molecule has 2 saturated heterocycles. The molecule has 2 fully saturated rings. The first kappa shape index (κ1) is 16.2. The number of hydrogen-bond acceptors (Lipinski definition) is 5. The van der Waals surface area contributed by atoms with Crippen LogP contribution in [0.2, 0.25) is 0 Å². The Morgan fingerprint density at radius 1 is 1.35 bits per heavy atom. The van der Waals surface area contributed by atoms with Gasteiger partial charge in [0, 0.05) is 38.3 Å². The van der Waals surface area contributed by atoms with Gasteiger partial charge in [-0.25, -0.2) is 0 Å². The van der Waals surface area contributed by atoms with Crippen molar-refractivity contribution in [3.8, 4) is 0 Å². The quantitative estimate of drug-likeness (QED) is 0.667. The van der Waals surface area contributed by atoms with Crippen LogP contribution in [0.4, 0.5) is 11.4 Å². The smallest absolute Gasteiger partial charge is 0.292 e.